The van der Waals surface area contributed by atoms with Crippen molar-refractivity contribution in [2.75, 3.05) is 0 Å². The molecule has 158 valence electrons. The van der Waals surface area contributed by atoms with E-state index in [2.05, 4.69) is 59.8 Å². The maximum atomic E-state index is 2.70. The number of hydrogen-bond donors (Lipinski definition) is 0. The van der Waals surface area contributed by atoms with E-state index >= 15 is 0 Å². The smallest absolute Gasteiger partial charge is 0.00853 e. The van der Waals surface area contributed by atoms with Crippen molar-refractivity contribution in [3.8, 4) is 0 Å². The molecule has 0 bridgehead atoms. The Morgan fingerprint density at radius 2 is 1.71 bits per heavy atom. The van der Waals surface area contributed by atoms with E-state index in [-0.39, 0.29) is 0 Å². The molecule has 0 spiro atoms. The van der Waals surface area contributed by atoms with Crippen LogP contribution in [-0.4, -0.2) is 0 Å². The van der Waals surface area contributed by atoms with Crippen molar-refractivity contribution in [2.24, 2.45) is 52.3 Å². The topological polar surface area (TPSA) is 0 Å². The fraction of sp³-hybridized carbons (Fsp3) is 0.857. The van der Waals surface area contributed by atoms with E-state index in [0.717, 1.165) is 35.5 Å². The zero-order chi connectivity index (χ0) is 20.1. The average molecular weight is 383 g/mol. The number of fused-ring (bicyclic) bond motifs is 5. The van der Waals surface area contributed by atoms with Crippen LogP contribution in [0.15, 0.2) is 23.8 Å². The quantitative estimate of drug-likeness (QED) is 0.428. The maximum absolute atomic E-state index is 2.70. The fourth-order valence-electron chi connectivity index (χ4n) is 8.36. The largest absolute Gasteiger partial charge is 0.0852 e. The summed E-state index contributed by atoms with van der Waals surface area (Å²) >= 11 is 0. The molecule has 0 aliphatic heterocycles. The van der Waals surface area contributed by atoms with E-state index in [1.165, 1.54) is 57.8 Å². The fourth-order valence-corrected chi connectivity index (χ4v) is 8.36. The van der Waals surface area contributed by atoms with Crippen molar-refractivity contribution in [1.29, 1.82) is 0 Å². The lowest BCUT2D eigenvalue weighted by Gasteiger charge is -2.58. The molecule has 0 aromatic heterocycles. The van der Waals surface area contributed by atoms with Gasteiger partial charge in [0.05, 0.1) is 0 Å². The van der Waals surface area contributed by atoms with Crippen LogP contribution in [0.4, 0.5) is 0 Å². The van der Waals surface area contributed by atoms with E-state index < -0.39 is 0 Å². The van der Waals surface area contributed by atoms with Crippen molar-refractivity contribution in [3.63, 3.8) is 0 Å². The third-order valence-electron chi connectivity index (χ3n) is 10.5. The third-order valence-corrected chi connectivity index (χ3v) is 10.5. The molecule has 4 aliphatic carbocycles. The normalized spacial score (nSPS) is 45.3. The van der Waals surface area contributed by atoms with Gasteiger partial charge in [-0.25, -0.2) is 0 Å². The average Bonchev–Trinajstić information content (AvgIpc) is 3.02. The summed E-state index contributed by atoms with van der Waals surface area (Å²) in [6.45, 7) is 15.0. The molecule has 28 heavy (non-hydrogen) atoms. The second-order valence-electron chi connectivity index (χ2n) is 12.0. The highest BCUT2D eigenvalue weighted by Crippen LogP contribution is 2.67. The maximum Gasteiger partial charge on any atom is -0.00853 e. The van der Waals surface area contributed by atoms with Crippen LogP contribution < -0.4 is 0 Å². The number of allylic oxidation sites excluding steroid dienone is 4. The predicted octanol–water partition coefficient (Wildman–Crippen LogP) is 8.44. The van der Waals surface area contributed by atoms with Gasteiger partial charge in [-0.3, -0.25) is 0 Å². The van der Waals surface area contributed by atoms with Crippen molar-refractivity contribution >= 4 is 0 Å². The molecule has 8 unspecified atom stereocenters. The van der Waals surface area contributed by atoms with E-state index in [9.17, 15) is 0 Å². The predicted molar refractivity (Wildman–Crippen MR) is 122 cm³/mol. The summed E-state index contributed by atoms with van der Waals surface area (Å²) in [5.74, 6) is 6.10. The highest BCUT2D eigenvalue weighted by atomic mass is 14.6. The highest BCUT2D eigenvalue weighted by Gasteiger charge is 2.58. The van der Waals surface area contributed by atoms with Gasteiger partial charge in [-0.2, -0.15) is 0 Å². The van der Waals surface area contributed by atoms with Crippen LogP contribution in [0, 0.1) is 52.3 Å². The summed E-state index contributed by atoms with van der Waals surface area (Å²) in [4.78, 5) is 0. The summed E-state index contributed by atoms with van der Waals surface area (Å²) in [7, 11) is 0. The number of rotatable bonds is 4. The molecule has 0 radical (unpaired) electrons. The lowest BCUT2D eigenvalue weighted by Crippen LogP contribution is -2.50. The van der Waals surface area contributed by atoms with Gasteiger partial charge in [0, 0.05) is 0 Å². The molecule has 0 aromatic rings. The lowest BCUT2D eigenvalue weighted by molar-refractivity contribution is -0.0558. The molecule has 4 rings (SSSR count). The summed E-state index contributed by atoms with van der Waals surface area (Å²) in [6.07, 6.45) is 20.9. The molecule has 3 fully saturated rings. The standard InChI is InChI=1S/C28H46/c1-19(2)20(3)10-11-21(4)24-14-15-25-23-13-12-22-9-7-8-17-27(22,5)26(23)16-18-28(24,25)6/h9-11,19-21,23-26H,7-8,12-18H2,1-6H3/b11-10+. The van der Waals surface area contributed by atoms with Gasteiger partial charge in [0.1, 0.15) is 0 Å². The van der Waals surface area contributed by atoms with Gasteiger partial charge in [-0.15, -0.1) is 0 Å². The van der Waals surface area contributed by atoms with Crippen molar-refractivity contribution < 1.29 is 0 Å². The minimum absolute atomic E-state index is 0.554. The molecular weight excluding hydrogens is 336 g/mol. The van der Waals surface area contributed by atoms with Gasteiger partial charge >= 0.3 is 0 Å². The summed E-state index contributed by atoms with van der Waals surface area (Å²) in [5.41, 5.74) is 3.01. The van der Waals surface area contributed by atoms with E-state index in [0.29, 0.717) is 16.7 Å². The van der Waals surface area contributed by atoms with Gasteiger partial charge < -0.3 is 0 Å². The Kier molecular flexibility index (Phi) is 5.65. The Morgan fingerprint density at radius 3 is 2.46 bits per heavy atom. The van der Waals surface area contributed by atoms with Gasteiger partial charge in [0.25, 0.3) is 0 Å². The highest BCUT2D eigenvalue weighted by molar-refractivity contribution is 5.24. The Balaban J connectivity index is 1.52. The molecule has 0 heteroatoms. The molecule has 3 saturated carbocycles. The Hall–Kier alpha value is -0.520. The van der Waals surface area contributed by atoms with Crippen molar-refractivity contribution in [2.45, 2.75) is 99.3 Å². The Morgan fingerprint density at radius 1 is 0.929 bits per heavy atom. The van der Waals surface area contributed by atoms with Crippen LogP contribution in [-0.2, 0) is 0 Å². The molecule has 0 N–H and O–H groups in total. The first-order chi connectivity index (χ1) is 13.3. The molecular formula is C28H46. The first kappa shape index (κ1) is 20.7. The van der Waals surface area contributed by atoms with Gasteiger partial charge in [-0.05, 0) is 110 Å². The molecule has 4 aliphatic rings. The molecule has 0 saturated heterocycles. The van der Waals surface area contributed by atoms with E-state index in [4.69, 9.17) is 0 Å². The van der Waals surface area contributed by atoms with Crippen LogP contribution in [0.3, 0.4) is 0 Å². The summed E-state index contributed by atoms with van der Waals surface area (Å²) in [5, 5.41) is 0. The van der Waals surface area contributed by atoms with Crippen LogP contribution in [0.2, 0.25) is 0 Å². The van der Waals surface area contributed by atoms with E-state index in [1.54, 1.807) is 0 Å². The molecule has 0 heterocycles. The summed E-state index contributed by atoms with van der Waals surface area (Å²) in [6, 6.07) is 0. The van der Waals surface area contributed by atoms with Gasteiger partial charge in [0.15, 0.2) is 0 Å². The van der Waals surface area contributed by atoms with Gasteiger partial charge in [-0.1, -0.05) is 65.3 Å². The second kappa shape index (κ2) is 7.63. The van der Waals surface area contributed by atoms with Crippen LogP contribution in [0.25, 0.3) is 0 Å². The number of hydrogen-bond acceptors (Lipinski definition) is 0. The monoisotopic (exact) mass is 382 g/mol. The Bertz CT molecular complexity index is 624. The molecule has 8 atom stereocenters. The lowest BCUT2D eigenvalue weighted by atomic mass is 9.46. The second-order valence-corrected chi connectivity index (χ2v) is 12.0. The van der Waals surface area contributed by atoms with Gasteiger partial charge in [0.2, 0.25) is 0 Å². The van der Waals surface area contributed by atoms with Crippen LogP contribution >= 0.6 is 0 Å². The van der Waals surface area contributed by atoms with Crippen LogP contribution in [0.5, 0.6) is 0 Å². The zero-order valence-corrected chi connectivity index (χ0v) is 19.6. The minimum atomic E-state index is 0.554. The SMILES string of the molecule is CC(C)C(C)/C=C/C(C)C1CCC2C3CCC4=CCCCC4(C)C3CCC12C. The molecule has 0 aromatic carbocycles. The molecule has 0 amide bonds. The Labute approximate surface area is 175 Å². The van der Waals surface area contributed by atoms with Crippen molar-refractivity contribution in [3.05, 3.63) is 23.8 Å². The van der Waals surface area contributed by atoms with E-state index in [1.807, 2.05) is 5.57 Å². The van der Waals surface area contributed by atoms with Crippen LogP contribution in [0.1, 0.15) is 99.3 Å². The minimum Gasteiger partial charge on any atom is -0.0852 e. The first-order valence-corrected chi connectivity index (χ1v) is 12.6. The zero-order valence-electron chi connectivity index (χ0n) is 19.6. The summed E-state index contributed by atoms with van der Waals surface area (Å²) < 4.78 is 0. The first-order valence-electron chi connectivity index (χ1n) is 12.6. The third kappa shape index (κ3) is 3.26. The van der Waals surface area contributed by atoms with Crippen molar-refractivity contribution in [1.82, 2.24) is 0 Å². The molecule has 0 nitrogen and oxygen atoms in total.